The SMILES string of the molecule is C=CCN1CCN(C(=O)NC)C1=O. The van der Waals surface area contributed by atoms with Crippen molar-refractivity contribution in [2.24, 2.45) is 0 Å². The molecule has 5 heteroatoms. The fraction of sp³-hybridized carbons (Fsp3) is 0.500. The molecule has 0 aromatic carbocycles. The third-order valence-electron chi connectivity index (χ3n) is 1.90. The van der Waals surface area contributed by atoms with Crippen molar-refractivity contribution in [1.82, 2.24) is 15.1 Å². The smallest absolute Gasteiger partial charge is 0.328 e. The van der Waals surface area contributed by atoms with E-state index in [4.69, 9.17) is 0 Å². The van der Waals surface area contributed by atoms with Crippen LogP contribution in [0.5, 0.6) is 0 Å². The largest absolute Gasteiger partial charge is 0.341 e. The Hall–Kier alpha value is -1.52. The summed E-state index contributed by atoms with van der Waals surface area (Å²) >= 11 is 0. The van der Waals surface area contributed by atoms with E-state index >= 15 is 0 Å². The molecule has 0 bridgehead atoms. The second-order valence-corrected chi connectivity index (χ2v) is 2.72. The van der Waals surface area contributed by atoms with Crippen LogP contribution in [0.1, 0.15) is 0 Å². The molecule has 1 rings (SSSR count). The second-order valence-electron chi connectivity index (χ2n) is 2.72. The summed E-state index contributed by atoms with van der Waals surface area (Å²) in [7, 11) is 1.51. The van der Waals surface area contributed by atoms with E-state index < -0.39 is 0 Å². The fourth-order valence-electron chi connectivity index (χ4n) is 1.23. The molecule has 5 nitrogen and oxygen atoms in total. The molecular weight excluding hydrogens is 170 g/mol. The number of rotatable bonds is 2. The van der Waals surface area contributed by atoms with Gasteiger partial charge in [0.2, 0.25) is 0 Å². The first kappa shape index (κ1) is 9.57. The van der Waals surface area contributed by atoms with Crippen LogP contribution in [-0.2, 0) is 0 Å². The van der Waals surface area contributed by atoms with Crippen LogP contribution in [0.4, 0.5) is 9.59 Å². The first-order valence-electron chi connectivity index (χ1n) is 4.09. The average Bonchev–Trinajstić information content (AvgIpc) is 2.48. The number of amides is 4. The minimum absolute atomic E-state index is 0.251. The first-order valence-corrected chi connectivity index (χ1v) is 4.09. The summed E-state index contributed by atoms with van der Waals surface area (Å²) in [4.78, 5) is 25.3. The molecule has 1 fully saturated rings. The zero-order chi connectivity index (χ0) is 9.84. The van der Waals surface area contributed by atoms with Crippen molar-refractivity contribution in [2.75, 3.05) is 26.7 Å². The molecule has 0 aliphatic carbocycles. The molecule has 1 aliphatic rings. The Kier molecular flexibility index (Phi) is 2.89. The fourth-order valence-corrected chi connectivity index (χ4v) is 1.23. The lowest BCUT2D eigenvalue weighted by Crippen LogP contribution is -2.41. The second kappa shape index (κ2) is 3.93. The van der Waals surface area contributed by atoms with Gasteiger partial charge in [-0.25, -0.2) is 14.5 Å². The molecule has 1 saturated heterocycles. The maximum absolute atomic E-state index is 11.4. The third-order valence-corrected chi connectivity index (χ3v) is 1.90. The van der Waals surface area contributed by atoms with Crippen LogP contribution in [0, 0.1) is 0 Å². The first-order chi connectivity index (χ1) is 6.20. The Bertz CT molecular complexity index is 240. The molecule has 0 radical (unpaired) electrons. The van der Waals surface area contributed by atoms with Crippen LogP contribution in [0.2, 0.25) is 0 Å². The van der Waals surface area contributed by atoms with Gasteiger partial charge >= 0.3 is 12.1 Å². The van der Waals surface area contributed by atoms with Gasteiger partial charge in [-0.2, -0.15) is 0 Å². The molecule has 0 spiro atoms. The van der Waals surface area contributed by atoms with Crippen molar-refractivity contribution in [2.45, 2.75) is 0 Å². The van der Waals surface area contributed by atoms with Crippen LogP contribution in [0.3, 0.4) is 0 Å². The van der Waals surface area contributed by atoms with Gasteiger partial charge < -0.3 is 10.2 Å². The van der Waals surface area contributed by atoms with E-state index in [-0.39, 0.29) is 12.1 Å². The molecule has 13 heavy (non-hydrogen) atoms. The predicted molar refractivity (Wildman–Crippen MR) is 48.3 cm³/mol. The van der Waals surface area contributed by atoms with E-state index in [2.05, 4.69) is 11.9 Å². The van der Waals surface area contributed by atoms with Crippen LogP contribution in [-0.4, -0.2) is 48.5 Å². The summed E-state index contributed by atoms with van der Waals surface area (Å²) in [6.45, 7) is 5.06. The van der Waals surface area contributed by atoms with Gasteiger partial charge in [0.05, 0.1) is 0 Å². The van der Waals surface area contributed by atoms with Crippen molar-refractivity contribution >= 4 is 12.1 Å². The number of nitrogens with one attached hydrogen (secondary N) is 1. The number of urea groups is 2. The van der Waals surface area contributed by atoms with Gasteiger partial charge in [-0.1, -0.05) is 6.08 Å². The maximum Gasteiger partial charge on any atom is 0.328 e. The van der Waals surface area contributed by atoms with Gasteiger partial charge in [-0.15, -0.1) is 6.58 Å². The zero-order valence-electron chi connectivity index (χ0n) is 7.62. The molecule has 1 heterocycles. The summed E-state index contributed by atoms with van der Waals surface area (Å²) in [6.07, 6.45) is 1.64. The molecule has 72 valence electrons. The molecule has 0 saturated carbocycles. The van der Waals surface area contributed by atoms with Crippen LogP contribution in [0.15, 0.2) is 12.7 Å². The standard InChI is InChI=1S/C8H13N3O2/c1-3-4-10-5-6-11(8(10)13)7(12)9-2/h3H,1,4-6H2,2H3,(H,9,12). The van der Waals surface area contributed by atoms with Crippen LogP contribution in [0.25, 0.3) is 0 Å². The minimum atomic E-state index is -0.350. The molecule has 0 atom stereocenters. The molecule has 1 aliphatic heterocycles. The summed E-state index contributed by atoms with van der Waals surface area (Å²) in [5, 5.41) is 2.41. The monoisotopic (exact) mass is 183 g/mol. The Morgan fingerprint density at radius 1 is 1.69 bits per heavy atom. The van der Waals surface area contributed by atoms with E-state index in [1.807, 2.05) is 0 Å². The Labute approximate surface area is 77.0 Å². The normalized spacial score (nSPS) is 16.2. The van der Waals surface area contributed by atoms with Crippen LogP contribution < -0.4 is 5.32 Å². The highest BCUT2D eigenvalue weighted by atomic mass is 16.2. The lowest BCUT2D eigenvalue weighted by atomic mass is 10.5. The number of carbonyl (C=O) groups excluding carboxylic acids is 2. The lowest BCUT2D eigenvalue weighted by Gasteiger charge is -2.15. The van der Waals surface area contributed by atoms with Gasteiger partial charge in [-0.05, 0) is 0 Å². The topological polar surface area (TPSA) is 52.6 Å². The van der Waals surface area contributed by atoms with E-state index in [0.717, 1.165) is 0 Å². The highest BCUT2D eigenvalue weighted by Crippen LogP contribution is 2.07. The van der Waals surface area contributed by atoms with E-state index in [0.29, 0.717) is 19.6 Å². The van der Waals surface area contributed by atoms with Gasteiger partial charge in [0.15, 0.2) is 0 Å². The number of hydrogen-bond donors (Lipinski definition) is 1. The molecule has 0 aromatic rings. The van der Waals surface area contributed by atoms with Crippen LogP contribution >= 0.6 is 0 Å². The molecule has 4 amide bonds. The minimum Gasteiger partial charge on any atom is -0.341 e. The average molecular weight is 183 g/mol. The van der Waals surface area contributed by atoms with E-state index in [1.54, 1.807) is 11.0 Å². The van der Waals surface area contributed by atoms with Crippen molar-refractivity contribution in [3.63, 3.8) is 0 Å². The van der Waals surface area contributed by atoms with Gasteiger partial charge in [0.1, 0.15) is 0 Å². The summed E-state index contributed by atoms with van der Waals surface area (Å²) in [6, 6.07) is -0.601. The zero-order valence-corrected chi connectivity index (χ0v) is 7.62. The van der Waals surface area contributed by atoms with Gasteiger partial charge in [0, 0.05) is 26.7 Å². The number of nitrogens with zero attached hydrogens (tertiary/aromatic N) is 2. The highest BCUT2D eigenvalue weighted by Gasteiger charge is 2.31. The van der Waals surface area contributed by atoms with Gasteiger partial charge in [0.25, 0.3) is 0 Å². The lowest BCUT2D eigenvalue weighted by molar-refractivity contribution is 0.188. The summed E-state index contributed by atoms with van der Waals surface area (Å²) < 4.78 is 0. The Morgan fingerprint density at radius 2 is 2.38 bits per heavy atom. The van der Waals surface area contributed by atoms with Gasteiger partial charge in [-0.3, -0.25) is 0 Å². The van der Waals surface area contributed by atoms with Crippen molar-refractivity contribution < 1.29 is 9.59 Å². The third kappa shape index (κ3) is 1.80. The van der Waals surface area contributed by atoms with Crippen molar-refractivity contribution in [3.8, 4) is 0 Å². The summed E-state index contributed by atoms with van der Waals surface area (Å²) in [5.74, 6) is 0. The molecule has 1 N–H and O–H groups in total. The Morgan fingerprint density at radius 3 is 2.92 bits per heavy atom. The van der Waals surface area contributed by atoms with Crippen molar-refractivity contribution in [3.05, 3.63) is 12.7 Å². The molecule has 0 unspecified atom stereocenters. The van der Waals surface area contributed by atoms with E-state index in [1.165, 1.54) is 11.9 Å². The molecule has 0 aromatic heterocycles. The van der Waals surface area contributed by atoms with Crippen molar-refractivity contribution in [1.29, 1.82) is 0 Å². The summed E-state index contributed by atoms with van der Waals surface area (Å²) in [5.41, 5.74) is 0. The number of hydrogen-bond acceptors (Lipinski definition) is 2. The highest BCUT2D eigenvalue weighted by molar-refractivity contribution is 5.94. The maximum atomic E-state index is 11.4. The molecular formula is C8H13N3O2. The van der Waals surface area contributed by atoms with E-state index in [9.17, 15) is 9.59 Å². The number of carbonyl (C=O) groups is 2. The predicted octanol–water partition coefficient (Wildman–Crippen LogP) is 0.249. The number of imide groups is 1. The quantitative estimate of drug-likeness (QED) is 0.624. The Balaban J connectivity index is 2.59.